The molecule has 12 heteroatoms. The van der Waals surface area contributed by atoms with Gasteiger partial charge in [0.25, 0.3) is 5.91 Å². The zero-order chi connectivity index (χ0) is 24.8. The molecule has 35 heavy (non-hydrogen) atoms. The summed E-state index contributed by atoms with van der Waals surface area (Å²) >= 11 is 0. The molecular formula is C23H29N5O7. The number of aromatic amines is 1. The van der Waals surface area contributed by atoms with Crippen LogP contribution in [0.25, 0.3) is 0 Å². The Hall–Kier alpha value is -3.80. The van der Waals surface area contributed by atoms with Crippen LogP contribution >= 0.6 is 0 Å². The molecule has 1 aliphatic heterocycles. The van der Waals surface area contributed by atoms with Crippen LogP contribution in [0.4, 0.5) is 10.6 Å². The molecule has 0 spiro atoms. The van der Waals surface area contributed by atoms with Crippen molar-refractivity contribution in [3.05, 3.63) is 29.5 Å². The number of phenols is 1. The number of phenolic OH excluding ortho intramolecular Hbond substituents is 1. The number of hydrogen-bond donors (Lipinski definition) is 4. The summed E-state index contributed by atoms with van der Waals surface area (Å²) in [5.74, 6) is -0.0291. The van der Waals surface area contributed by atoms with Gasteiger partial charge in [0.2, 0.25) is 0 Å². The highest BCUT2D eigenvalue weighted by atomic mass is 16.6. The number of hydrazine groups is 1. The second kappa shape index (κ2) is 11.1. The molecule has 0 unspecified atom stereocenters. The van der Waals surface area contributed by atoms with Crippen LogP contribution in [0.1, 0.15) is 54.1 Å². The standard InChI is InChI=1S/C23H29N5O7/c1-33-16-9-19(30)17(12-29)20(10-16)34-13-22(31)24-21-11-18(25-26-21)14-4-5-15(8-14)35-23(32)27-28-6-2-3-7-28/h9-12,14-15,30H,2-8,13H2,1H3,(H,27,32)(H2,24,25,26,31)/t14-,15+/m0/s1. The number of nitrogens with one attached hydrogen (secondary N) is 3. The number of rotatable bonds is 9. The largest absolute Gasteiger partial charge is 0.507 e. The van der Waals surface area contributed by atoms with Crippen molar-refractivity contribution < 1.29 is 33.7 Å². The molecule has 4 N–H and O–H groups in total. The van der Waals surface area contributed by atoms with Crippen LogP contribution in [0.2, 0.25) is 0 Å². The summed E-state index contributed by atoms with van der Waals surface area (Å²) in [6.07, 6.45) is 4.23. The number of nitrogens with zero attached hydrogens (tertiary/aromatic N) is 2. The van der Waals surface area contributed by atoms with Crippen LogP contribution in [0.15, 0.2) is 18.2 Å². The van der Waals surface area contributed by atoms with Crippen molar-refractivity contribution in [2.75, 3.05) is 32.1 Å². The molecule has 2 fully saturated rings. The van der Waals surface area contributed by atoms with E-state index in [1.54, 1.807) is 6.07 Å². The highest BCUT2D eigenvalue weighted by Crippen LogP contribution is 2.36. The van der Waals surface area contributed by atoms with Crippen molar-refractivity contribution in [3.8, 4) is 17.2 Å². The second-order valence-electron chi connectivity index (χ2n) is 8.56. The van der Waals surface area contributed by atoms with Crippen molar-refractivity contribution >= 4 is 24.1 Å². The molecule has 0 bridgehead atoms. The summed E-state index contributed by atoms with van der Waals surface area (Å²) in [6, 6.07) is 4.43. The van der Waals surface area contributed by atoms with Gasteiger partial charge in [-0.15, -0.1) is 0 Å². The van der Waals surface area contributed by atoms with Crippen LogP contribution in [0.3, 0.4) is 0 Å². The first-order chi connectivity index (χ1) is 16.9. The molecular weight excluding hydrogens is 458 g/mol. The number of amides is 2. The van der Waals surface area contributed by atoms with E-state index in [0.717, 1.165) is 44.5 Å². The van der Waals surface area contributed by atoms with Crippen LogP contribution in [-0.4, -0.2) is 71.5 Å². The number of H-pyrrole nitrogens is 1. The normalized spacial score (nSPS) is 19.8. The summed E-state index contributed by atoms with van der Waals surface area (Å²) < 4.78 is 16.0. The zero-order valence-electron chi connectivity index (χ0n) is 19.4. The Bertz CT molecular complexity index is 1070. The quantitative estimate of drug-likeness (QED) is 0.390. The first kappa shape index (κ1) is 24.3. The van der Waals surface area contributed by atoms with Gasteiger partial charge in [0.1, 0.15) is 23.4 Å². The summed E-state index contributed by atoms with van der Waals surface area (Å²) in [5, 5.41) is 21.5. The van der Waals surface area contributed by atoms with Crippen molar-refractivity contribution in [3.63, 3.8) is 0 Å². The predicted molar refractivity (Wildman–Crippen MR) is 124 cm³/mol. The lowest BCUT2D eigenvalue weighted by Crippen LogP contribution is -2.41. The molecule has 188 valence electrons. The summed E-state index contributed by atoms with van der Waals surface area (Å²) in [7, 11) is 1.41. The molecule has 1 aromatic heterocycles. The molecule has 2 amide bonds. The van der Waals surface area contributed by atoms with Gasteiger partial charge in [-0.3, -0.25) is 20.1 Å². The molecule has 2 atom stereocenters. The van der Waals surface area contributed by atoms with Gasteiger partial charge in [-0.05, 0) is 32.1 Å². The van der Waals surface area contributed by atoms with Crippen LogP contribution in [-0.2, 0) is 9.53 Å². The zero-order valence-corrected chi connectivity index (χ0v) is 19.4. The fraction of sp³-hybridized carbons (Fsp3) is 0.478. The number of aldehydes is 1. The molecule has 4 rings (SSSR count). The Morgan fingerprint density at radius 3 is 2.80 bits per heavy atom. The molecule has 2 heterocycles. The van der Waals surface area contributed by atoms with Gasteiger partial charge < -0.3 is 24.6 Å². The lowest BCUT2D eigenvalue weighted by atomic mass is 10.0. The lowest BCUT2D eigenvalue weighted by molar-refractivity contribution is -0.118. The topological polar surface area (TPSA) is 155 Å². The van der Waals surface area contributed by atoms with Crippen LogP contribution in [0.5, 0.6) is 17.2 Å². The first-order valence-electron chi connectivity index (χ1n) is 11.5. The highest BCUT2D eigenvalue weighted by molar-refractivity contribution is 5.91. The number of carbonyl (C=O) groups is 3. The summed E-state index contributed by atoms with van der Waals surface area (Å²) in [6.45, 7) is 1.29. The Morgan fingerprint density at radius 1 is 1.26 bits per heavy atom. The molecule has 1 aromatic carbocycles. The second-order valence-corrected chi connectivity index (χ2v) is 8.56. The SMILES string of the molecule is COc1cc(O)c(C=O)c(OCC(=O)Nc2cc([C@H]3CC[C@@H](OC(=O)NN4CCCC4)C3)[nH]n2)c1. The van der Waals surface area contributed by atoms with Gasteiger partial charge in [0, 0.05) is 42.9 Å². The van der Waals surface area contributed by atoms with E-state index in [1.807, 2.05) is 5.01 Å². The molecule has 12 nitrogen and oxygen atoms in total. The fourth-order valence-corrected chi connectivity index (χ4v) is 4.34. The number of aromatic nitrogens is 2. The average Bonchev–Trinajstić information content (AvgIpc) is 3.60. The molecule has 0 radical (unpaired) electrons. The average molecular weight is 488 g/mol. The van der Waals surface area contributed by atoms with Gasteiger partial charge in [0.15, 0.2) is 18.7 Å². The minimum atomic E-state index is -0.492. The number of ether oxygens (including phenoxy) is 3. The number of anilines is 1. The van der Waals surface area contributed by atoms with E-state index in [9.17, 15) is 19.5 Å². The maximum atomic E-state index is 12.3. The van der Waals surface area contributed by atoms with Gasteiger partial charge in [-0.1, -0.05) is 0 Å². The number of benzene rings is 1. The van der Waals surface area contributed by atoms with Gasteiger partial charge in [-0.25, -0.2) is 9.80 Å². The number of aromatic hydroxyl groups is 1. The fourth-order valence-electron chi connectivity index (χ4n) is 4.34. The number of hydrogen-bond acceptors (Lipinski definition) is 9. The van der Waals surface area contributed by atoms with Crippen molar-refractivity contribution in [1.29, 1.82) is 0 Å². The van der Waals surface area contributed by atoms with Crippen molar-refractivity contribution in [2.45, 2.75) is 44.1 Å². The smallest absolute Gasteiger partial charge is 0.422 e. The number of carbonyl (C=O) groups excluding carboxylic acids is 3. The van der Waals surface area contributed by atoms with Gasteiger partial charge in [-0.2, -0.15) is 5.10 Å². The third-order valence-corrected chi connectivity index (χ3v) is 6.12. The maximum absolute atomic E-state index is 12.3. The summed E-state index contributed by atoms with van der Waals surface area (Å²) in [4.78, 5) is 35.7. The van der Waals surface area contributed by atoms with E-state index < -0.39 is 18.6 Å². The predicted octanol–water partition coefficient (Wildman–Crippen LogP) is 2.33. The highest BCUT2D eigenvalue weighted by Gasteiger charge is 2.30. The van der Waals surface area contributed by atoms with E-state index in [4.69, 9.17) is 14.2 Å². The van der Waals surface area contributed by atoms with Gasteiger partial charge >= 0.3 is 6.09 Å². The Balaban J connectivity index is 1.25. The maximum Gasteiger partial charge on any atom is 0.422 e. The molecule has 1 saturated heterocycles. The molecule has 2 aliphatic rings. The lowest BCUT2D eigenvalue weighted by Gasteiger charge is -2.18. The van der Waals surface area contributed by atoms with E-state index in [2.05, 4.69) is 20.9 Å². The third kappa shape index (κ3) is 6.21. The van der Waals surface area contributed by atoms with E-state index in [1.165, 1.54) is 19.2 Å². The third-order valence-electron chi connectivity index (χ3n) is 6.12. The van der Waals surface area contributed by atoms with Gasteiger partial charge in [0.05, 0.1) is 12.7 Å². The monoisotopic (exact) mass is 487 g/mol. The minimum Gasteiger partial charge on any atom is -0.507 e. The first-order valence-corrected chi connectivity index (χ1v) is 11.5. The molecule has 2 aromatic rings. The van der Waals surface area contributed by atoms with E-state index >= 15 is 0 Å². The molecule has 1 aliphatic carbocycles. The van der Waals surface area contributed by atoms with Crippen LogP contribution in [0, 0.1) is 0 Å². The minimum absolute atomic E-state index is 0.0282. The summed E-state index contributed by atoms with van der Waals surface area (Å²) in [5.41, 5.74) is 3.54. The Morgan fingerprint density at radius 2 is 2.06 bits per heavy atom. The molecule has 1 saturated carbocycles. The van der Waals surface area contributed by atoms with Crippen molar-refractivity contribution in [1.82, 2.24) is 20.6 Å². The van der Waals surface area contributed by atoms with E-state index in [0.29, 0.717) is 18.5 Å². The van der Waals surface area contributed by atoms with Crippen LogP contribution < -0.4 is 20.2 Å². The Labute approximate surface area is 201 Å². The Kier molecular flexibility index (Phi) is 7.70. The van der Waals surface area contributed by atoms with E-state index in [-0.39, 0.29) is 34.8 Å². The van der Waals surface area contributed by atoms with Crippen molar-refractivity contribution in [2.24, 2.45) is 0 Å². The number of methoxy groups -OCH3 is 1.